The zero-order valence-corrected chi connectivity index (χ0v) is 14.1. The molecule has 0 saturated heterocycles. The van der Waals surface area contributed by atoms with Crippen LogP contribution in [0.3, 0.4) is 0 Å². The Labute approximate surface area is 144 Å². The fraction of sp³-hybridized carbons (Fsp3) is 0.125. The minimum absolute atomic E-state index is 0.00394. The Morgan fingerprint density at radius 1 is 1.17 bits per heavy atom. The minimum Gasteiger partial charge on any atom is -0.253 e. The summed E-state index contributed by atoms with van der Waals surface area (Å²) in [6.07, 6.45) is -3.25. The number of thiazole rings is 1. The van der Waals surface area contributed by atoms with Crippen molar-refractivity contribution in [1.82, 2.24) is 4.98 Å². The van der Waals surface area contributed by atoms with Crippen LogP contribution in [0.4, 0.5) is 18.3 Å². The van der Waals surface area contributed by atoms with E-state index < -0.39 is 11.7 Å². The summed E-state index contributed by atoms with van der Waals surface area (Å²) in [7, 11) is 0. The lowest BCUT2D eigenvalue weighted by Gasteiger charge is -2.08. The molecule has 0 aliphatic heterocycles. The number of alkyl halides is 3. The zero-order valence-electron chi connectivity index (χ0n) is 12.5. The fourth-order valence-electron chi connectivity index (χ4n) is 2.11. The molecule has 0 amide bonds. The summed E-state index contributed by atoms with van der Waals surface area (Å²) in [5.41, 5.74) is 2.86. The molecule has 24 heavy (non-hydrogen) atoms. The Bertz CT molecular complexity index is 852. The lowest BCUT2D eigenvalue weighted by Crippen LogP contribution is -2.08. The molecule has 3 aromatic rings. The van der Waals surface area contributed by atoms with Gasteiger partial charge in [0.1, 0.15) is 0 Å². The predicted octanol–water partition coefficient (Wildman–Crippen LogP) is 5.64. The van der Waals surface area contributed by atoms with Crippen LogP contribution in [-0.4, -0.2) is 11.2 Å². The highest BCUT2D eigenvalue weighted by Gasteiger charge is 2.32. The number of hydrogen-bond donors (Lipinski definition) is 1. The van der Waals surface area contributed by atoms with Crippen molar-refractivity contribution in [3.8, 4) is 10.6 Å². The number of aromatic nitrogens is 1. The lowest BCUT2D eigenvalue weighted by atomic mass is 10.1. The molecule has 0 spiro atoms. The van der Waals surface area contributed by atoms with Gasteiger partial charge in [-0.05, 0) is 24.4 Å². The first-order valence-corrected chi connectivity index (χ1v) is 8.61. The van der Waals surface area contributed by atoms with Crippen LogP contribution in [0, 0.1) is 6.92 Å². The van der Waals surface area contributed by atoms with Gasteiger partial charge in [0, 0.05) is 10.4 Å². The van der Waals surface area contributed by atoms with Gasteiger partial charge in [-0.15, -0.1) is 22.7 Å². The van der Waals surface area contributed by atoms with E-state index in [1.165, 1.54) is 23.5 Å². The van der Waals surface area contributed by atoms with Gasteiger partial charge in [-0.2, -0.15) is 18.3 Å². The standard InChI is InChI=1S/C16H12F3N3S2/c1-10-14(13-7-4-8-23-13)21-15(24-10)22-20-9-11-5-2-3-6-12(11)16(17,18)19/h2-9H,1H3,(H,21,22)/b20-9-. The first kappa shape index (κ1) is 16.7. The van der Waals surface area contributed by atoms with Gasteiger partial charge < -0.3 is 0 Å². The molecule has 124 valence electrons. The summed E-state index contributed by atoms with van der Waals surface area (Å²) >= 11 is 2.99. The van der Waals surface area contributed by atoms with Gasteiger partial charge in [0.2, 0.25) is 5.13 Å². The van der Waals surface area contributed by atoms with Gasteiger partial charge in [0.25, 0.3) is 0 Å². The van der Waals surface area contributed by atoms with Crippen LogP contribution in [0.5, 0.6) is 0 Å². The first-order valence-electron chi connectivity index (χ1n) is 6.92. The van der Waals surface area contributed by atoms with E-state index in [1.54, 1.807) is 17.4 Å². The highest BCUT2D eigenvalue weighted by Crippen LogP contribution is 2.33. The second kappa shape index (κ2) is 6.74. The summed E-state index contributed by atoms with van der Waals surface area (Å²) in [4.78, 5) is 6.50. The van der Waals surface area contributed by atoms with Crippen molar-refractivity contribution in [2.24, 2.45) is 5.10 Å². The maximum absolute atomic E-state index is 12.9. The average Bonchev–Trinajstić information content (AvgIpc) is 3.16. The summed E-state index contributed by atoms with van der Waals surface area (Å²) in [5, 5.41) is 6.40. The number of hydrazone groups is 1. The van der Waals surface area contributed by atoms with Crippen molar-refractivity contribution in [1.29, 1.82) is 0 Å². The van der Waals surface area contributed by atoms with Gasteiger partial charge in [-0.25, -0.2) is 4.98 Å². The molecule has 0 saturated carbocycles. The molecule has 2 heterocycles. The van der Waals surface area contributed by atoms with Crippen LogP contribution in [-0.2, 0) is 6.18 Å². The average molecular weight is 367 g/mol. The molecule has 2 aromatic heterocycles. The highest BCUT2D eigenvalue weighted by atomic mass is 32.1. The number of halogens is 3. The summed E-state index contributed by atoms with van der Waals surface area (Å²) in [6, 6.07) is 9.21. The van der Waals surface area contributed by atoms with E-state index >= 15 is 0 Å². The van der Waals surface area contributed by atoms with Crippen LogP contribution < -0.4 is 5.43 Å². The van der Waals surface area contributed by atoms with Crippen molar-refractivity contribution >= 4 is 34.0 Å². The molecule has 1 N–H and O–H groups in total. The van der Waals surface area contributed by atoms with E-state index in [9.17, 15) is 13.2 Å². The second-order valence-electron chi connectivity index (χ2n) is 4.86. The van der Waals surface area contributed by atoms with Gasteiger partial charge in [0.05, 0.1) is 22.3 Å². The third-order valence-corrected chi connectivity index (χ3v) is 4.93. The van der Waals surface area contributed by atoms with Crippen LogP contribution in [0.1, 0.15) is 16.0 Å². The summed E-state index contributed by atoms with van der Waals surface area (Å²) < 4.78 is 38.8. The maximum atomic E-state index is 12.9. The predicted molar refractivity (Wildman–Crippen MR) is 92.8 cm³/mol. The van der Waals surface area contributed by atoms with Crippen LogP contribution in [0.2, 0.25) is 0 Å². The molecule has 3 rings (SSSR count). The number of nitrogens with one attached hydrogen (secondary N) is 1. The molecule has 0 bridgehead atoms. The minimum atomic E-state index is -4.41. The normalized spacial score (nSPS) is 12.0. The summed E-state index contributed by atoms with van der Waals surface area (Å²) in [5.74, 6) is 0. The molecule has 0 radical (unpaired) electrons. The second-order valence-corrected chi connectivity index (χ2v) is 7.01. The fourth-order valence-corrected chi connectivity index (χ4v) is 3.72. The molecule has 1 aromatic carbocycles. The molecule has 0 aliphatic rings. The lowest BCUT2D eigenvalue weighted by molar-refractivity contribution is -0.137. The Kier molecular flexibility index (Phi) is 4.68. The molecule has 0 aliphatic carbocycles. The molecule has 0 atom stereocenters. The highest BCUT2D eigenvalue weighted by molar-refractivity contribution is 7.17. The zero-order chi connectivity index (χ0) is 17.2. The number of anilines is 1. The Morgan fingerprint density at radius 2 is 1.96 bits per heavy atom. The van der Waals surface area contributed by atoms with E-state index in [1.807, 2.05) is 24.4 Å². The van der Waals surface area contributed by atoms with Gasteiger partial charge in [-0.3, -0.25) is 5.43 Å². The maximum Gasteiger partial charge on any atom is 0.417 e. The number of rotatable bonds is 4. The monoisotopic (exact) mass is 367 g/mol. The number of aryl methyl sites for hydroxylation is 1. The van der Waals surface area contributed by atoms with Crippen LogP contribution in [0.15, 0.2) is 46.9 Å². The smallest absolute Gasteiger partial charge is 0.253 e. The Morgan fingerprint density at radius 3 is 2.67 bits per heavy atom. The van der Waals surface area contributed by atoms with Crippen molar-refractivity contribution in [3.63, 3.8) is 0 Å². The van der Waals surface area contributed by atoms with E-state index in [0.717, 1.165) is 27.7 Å². The topological polar surface area (TPSA) is 37.3 Å². The first-order chi connectivity index (χ1) is 11.4. The van der Waals surface area contributed by atoms with Crippen LogP contribution >= 0.6 is 22.7 Å². The summed E-state index contributed by atoms with van der Waals surface area (Å²) in [6.45, 7) is 1.95. The van der Waals surface area contributed by atoms with Gasteiger partial charge >= 0.3 is 6.18 Å². The van der Waals surface area contributed by atoms with Crippen molar-refractivity contribution in [2.45, 2.75) is 13.1 Å². The molecule has 0 fully saturated rings. The number of benzene rings is 1. The third kappa shape index (κ3) is 3.65. The number of hydrogen-bond acceptors (Lipinski definition) is 5. The van der Waals surface area contributed by atoms with Gasteiger partial charge in [-0.1, -0.05) is 24.3 Å². The van der Waals surface area contributed by atoms with E-state index in [2.05, 4.69) is 15.5 Å². The SMILES string of the molecule is Cc1sc(N/N=C\c2ccccc2C(F)(F)F)nc1-c1cccs1. The number of nitrogens with zero attached hydrogens (tertiary/aromatic N) is 2. The molecular formula is C16H12F3N3S2. The Balaban J connectivity index is 1.78. The molecule has 3 nitrogen and oxygen atoms in total. The molecule has 0 unspecified atom stereocenters. The van der Waals surface area contributed by atoms with Crippen LogP contribution in [0.25, 0.3) is 10.6 Å². The van der Waals surface area contributed by atoms with E-state index in [4.69, 9.17) is 0 Å². The molecule has 8 heteroatoms. The van der Waals surface area contributed by atoms with E-state index in [0.29, 0.717) is 5.13 Å². The van der Waals surface area contributed by atoms with Crippen molar-refractivity contribution in [3.05, 3.63) is 57.8 Å². The Hall–Kier alpha value is -2.19. The number of thiophene rings is 1. The van der Waals surface area contributed by atoms with Crippen molar-refractivity contribution < 1.29 is 13.2 Å². The quantitative estimate of drug-likeness (QED) is 0.478. The van der Waals surface area contributed by atoms with Crippen molar-refractivity contribution in [2.75, 3.05) is 5.43 Å². The largest absolute Gasteiger partial charge is 0.417 e. The van der Waals surface area contributed by atoms with Gasteiger partial charge in [0.15, 0.2) is 0 Å². The van der Waals surface area contributed by atoms with E-state index in [-0.39, 0.29) is 5.56 Å². The third-order valence-electron chi connectivity index (χ3n) is 3.18. The molecular weight excluding hydrogens is 355 g/mol.